The van der Waals surface area contributed by atoms with Crippen LogP contribution in [0, 0.1) is 5.82 Å². The third-order valence-corrected chi connectivity index (χ3v) is 5.46. The number of H-pyrrole nitrogens is 1. The lowest BCUT2D eigenvalue weighted by molar-refractivity contribution is 0.0691. The fourth-order valence-electron chi connectivity index (χ4n) is 3.28. The first-order valence-electron chi connectivity index (χ1n) is 9.86. The van der Waals surface area contributed by atoms with Crippen molar-refractivity contribution in [2.24, 2.45) is 5.73 Å². The minimum atomic E-state index is -1.05. The van der Waals surface area contributed by atoms with Crippen LogP contribution in [0.2, 0.25) is 0 Å². The van der Waals surface area contributed by atoms with Gasteiger partial charge in [0.25, 0.3) is 0 Å². The number of benzene rings is 1. The van der Waals surface area contributed by atoms with Gasteiger partial charge in [0.05, 0.1) is 5.56 Å². The van der Waals surface area contributed by atoms with E-state index in [9.17, 15) is 14.3 Å². The molecule has 0 aliphatic carbocycles. The Morgan fingerprint density at radius 3 is 2.47 bits per heavy atom. The first kappa shape index (κ1) is 22.1. The van der Waals surface area contributed by atoms with Gasteiger partial charge in [-0.1, -0.05) is 13.8 Å². The molecule has 2 aromatic heterocycles. The molecule has 1 saturated heterocycles. The van der Waals surface area contributed by atoms with Crippen molar-refractivity contribution in [2.45, 2.75) is 38.6 Å². The van der Waals surface area contributed by atoms with Crippen molar-refractivity contribution in [3.8, 4) is 21.8 Å². The molecule has 0 radical (unpaired) electrons. The lowest BCUT2D eigenvalue weighted by atomic mass is 9.91. The second-order valence-electron chi connectivity index (χ2n) is 7.48. The molecule has 0 bridgehead atoms. The van der Waals surface area contributed by atoms with E-state index in [4.69, 9.17) is 5.73 Å². The summed E-state index contributed by atoms with van der Waals surface area (Å²) in [6, 6.07) is 6.46. The van der Waals surface area contributed by atoms with Gasteiger partial charge in [-0.25, -0.2) is 14.2 Å². The number of hydrogen-bond acceptors (Lipinski definition) is 6. The van der Waals surface area contributed by atoms with Gasteiger partial charge >= 0.3 is 5.97 Å². The van der Waals surface area contributed by atoms with Crippen molar-refractivity contribution in [3.05, 3.63) is 46.9 Å². The third kappa shape index (κ3) is 5.29. The van der Waals surface area contributed by atoms with E-state index in [2.05, 4.69) is 20.5 Å². The number of rotatable bonds is 4. The van der Waals surface area contributed by atoms with E-state index >= 15 is 0 Å². The molecule has 3 aromatic rings. The van der Waals surface area contributed by atoms with Gasteiger partial charge < -0.3 is 16.2 Å². The Morgan fingerprint density at radius 1 is 1.27 bits per heavy atom. The Labute approximate surface area is 178 Å². The summed E-state index contributed by atoms with van der Waals surface area (Å²) in [5.41, 5.74) is 8.36. The number of halogens is 1. The zero-order chi connectivity index (χ0) is 21.7. The molecule has 1 aliphatic rings. The summed E-state index contributed by atoms with van der Waals surface area (Å²) < 4.78 is 13.3. The van der Waals surface area contributed by atoms with E-state index in [1.54, 1.807) is 12.1 Å². The van der Waals surface area contributed by atoms with Crippen LogP contribution >= 0.6 is 11.3 Å². The quantitative estimate of drug-likeness (QED) is 0.498. The highest BCUT2D eigenvalue weighted by Crippen LogP contribution is 2.40. The monoisotopic (exact) mass is 431 g/mol. The molecule has 4 rings (SSSR count). The lowest BCUT2D eigenvalue weighted by Gasteiger charge is -2.22. The van der Waals surface area contributed by atoms with Crippen LogP contribution in [0.4, 0.5) is 4.39 Å². The van der Waals surface area contributed by atoms with Crippen LogP contribution in [0.15, 0.2) is 29.6 Å². The number of aromatic nitrogens is 3. The number of nitrogens with one attached hydrogen (secondary N) is 2. The molecule has 0 atom stereocenters. The summed E-state index contributed by atoms with van der Waals surface area (Å²) in [5, 5.41) is 22.3. The van der Waals surface area contributed by atoms with E-state index in [-0.39, 0.29) is 11.5 Å². The van der Waals surface area contributed by atoms with Crippen molar-refractivity contribution in [3.63, 3.8) is 0 Å². The first-order valence-corrected chi connectivity index (χ1v) is 10.7. The highest BCUT2D eigenvalue weighted by molar-refractivity contribution is 7.13. The summed E-state index contributed by atoms with van der Waals surface area (Å²) >= 11 is 1.28. The van der Waals surface area contributed by atoms with Crippen LogP contribution in [0.3, 0.4) is 0 Å². The fraction of sp³-hybridized carbons (Fsp3) is 0.381. The molecule has 30 heavy (non-hydrogen) atoms. The molecule has 0 unspecified atom stereocenters. The lowest BCUT2D eigenvalue weighted by Crippen LogP contribution is -2.27. The zero-order valence-electron chi connectivity index (χ0n) is 17.0. The Kier molecular flexibility index (Phi) is 7.30. The fourth-order valence-corrected chi connectivity index (χ4v) is 4.13. The molecule has 0 amide bonds. The molecule has 3 heterocycles. The van der Waals surface area contributed by atoms with Crippen LogP contribution in [0.5, 0.6) is 0 Å². The molecule has 160 valence electrons. The Hall–Kier alpha value is -2.62. The van der Waals surface area contributed by atoms with Gasteiger partial charge in [0.15, 0.2) is 5.69 Å². The first-order chi connectivity index (χ1) is 14.4. The average Bonchev–Trinajstić information content (AvgIpc) is 3.36. The maximum absolute atomic E-state index is 13.3. The summed E-state index contributed by atoms with van der Waals surface area (Å²) in [7, 11) is 0. The molecular weight excluding hydrogens is 405 g/mol. The van der Waals surface area contributed by atoms with Crippen LogP contribution in [0.25, 0.3) is 21.8 Å². The van der Waals surface area contributed by atoms with Gasteiger partial charge in [-0.05, 0) is 56.2 Å². The van der Waals surface area contributed by atoms with Gasteiger partial charge in [0.2, 0.25) is 0 Å². The zero-order valence-corrected chi connectivity index (χ0v) is 17.8. The van der Waals surface area contributed by atoms with Gasteiger partial charge in [0, 0.05) is 22.6 Å². The number of nitrogens with two attached hydrogens (primary N) is 1. The Morgan fingerprint density at radius 2 is 1.90 bits per heavy atom. The number of aromatic carboxylic acids is 1. The van der Waals surface area contributed by atoms with E-state index in [0.717, 1.165) is 42.8 Å². The van der Waals surface area contributed by atoms with Gasteiger partial charge in [-0.3, -0.25) is 5.10 Å². The second-order valence-corrected chi connectivity index (χ2v) is 8.34. The summed E-state index contributed by atoms with van der Waals surface area (Å²) in [4.78, 5) is 15.5. The molecule has 1 aromatic carbocycles. The van der Waals surface area contributed by atoms with Crippen molar-refractivity contribution in [2.75, 3.05) is 13.1 Å². The van der Waals surface area contributed by atoms with E-state index in [0.29, 0.717) is 22.7 Å². The van der Waals surface area contributed by atoms with Gasteiger partial charge in [0.1, 0.15) is 16.5 Å². The van der Waals surface area contributed by atoms with E-state index < -0.39 is 5.97 Å². The maximum Gasteiger partial charge on any atom is 0.355 e. The summed E-state index contributed by atoms with van der Waals surface area (Å²) in [6.07, 6.45) is 1.93. The number of hydrogen-bond donors (Lipinski definition) is 4. The number of thiazole rings is 1. The molecule has 9 heteroatoms. The van der Waals surface area contributed by atoms with Gasteiger partial charge in [-0.2, -0.15) is 5.10 Å². The normalized spacial score (nSPS) is 14.4. The second kappa shape index (κ2) is 9.92. The minimum Gasteiger partial charge on any atom is -0.476 e. The standard InChI is InChI=1S/C18H17FN4O2S.C3H9N/c19-12-3-1-10(2-4-12)15-14(17-21-13(9-26-17)18(24)25)16(23-22-15)11-5-7-20-8-6-11;1-3(2)4/h1-4,9,11,20H,5-8H2,(H,22,23)(H,24,25);3H,4H2,1-2H3. The number of carboxylic acids is 1. The molecule has 0 saturated carbocycles. The SMILES string of the molecule is CC(C)N.O=C(O)c1csc(-c2c(-c3ccc(F)cc3)n[nH]c2C2CCNCC2)n1. The number of carboxylic acid groups (broad SMARTS) is 1. The summed E-state index contributed by atoms with van der Waals surface area (Å²) in [5.74, 6) is -1.07. The molecular formula is C21H26FN5O2S. The van der Waals surface area contributed by atoms with Crippen LogP contribution in [0.1, 0.15) is 48.8 Å². The topological polar surface area (TPSA) is 117 Å². The van der Waals surface area contributed by atoms with Crippen LogP contribution < -0.4 is 11.1 Å². The van der Waals surface area contributed by atoms with Crippen molar-refractivity contribution in [1.82, 2.24) is 20.5 Å². The average molecular weight is 432 g/mol. The Balaban J connectivity index is 0.000000589. The number of carbonyl (C=O) groups is 1. The molecule has 5 N–H and O–H groups in total. The third-order valence-electron chi connectivity index (χ3n) is 4.60. The van der Waals surface area contributed by atoms with E-state index in [1.165, 1.54) is 28.8 Å². The molecule has 1 aliphatic heterocycles. The smallest absolute Gasteiger partial charge is 0.355 e. The predicted molar refractivity (Wildman–Crippen MR) is 116 cm³/mol. The van der Waals surface area contributed by atoms with Crippen molar-refractivity contribution < 1.29 is 14.3 Å². The minimum absolute atomic E-state index is 0.0208. The van der Waals surface area contributed by atoms with Crippen molar-refractivity contribution in [1.29, 1.82) is 0 Å². The van der Waals surface area contributed by atoms with Crippen molar-refractivity contribution >= 4 is 17.3 Å². The van der Waals surface area contributed by atoms with Gasteiger partial charge in [-0.15, -0.1) is 11.3 Å². The molecule has 0 spiro atoms. The number of piperidine rings is 1. The highest BCUT2D eigenvalue weighted by Gasteiger charge is 2.27. The number of nitrogens with zero attached hydrogens (tertiary/aromatic N) is 2. The molecule has 1 fully saturated rings. The highest BCUT2D eigenvalue weighted by atomic mass is 32.1. The largest absolute Gasteiger partial charge is 0.476 e. The number of aromatic amines is 1. The molecule has 7 nitrogen and oxygen atoms in total. The van der Waals surface area contributed by atoms with Crippen LogP contribution in [-0.2, 0) is 0 Å². The Bertz CT molecular complexity index is 975. The predicted octanol–water partition coefficient (Wildman–Crippen LogP) is 3.86. The van der Waals surface area contributed by atoms with Crippen LogP contribution in [-0.4, -0.2) is 45.4 Å². The maximum atomic E-state index is 13.3. The summed E-state index contributed by atoms with van der Waals surface area (Å²) in [6.45, 7) is 5.74. The van der Waals surface area contributed by atoms with E-state index in [1.807, 2.05) is 13.8 Å².